The molecule has 1 atom stereocenters. The van der Waals surface area contributed by atoms with Crippen LogP contribution >= 0.6 is 0 Å². The van der Waals surface area contributed by atoms with E-state index in [-0.39, 0.29) is 11.8 Å². The van der Waals surface area contributed by atoms with E-state index in [1.54, 1.807) is 4.90 Å². The topological polar surface area (TPSA) is 46.3 Å². The first-order valence-electron chi connectivity index (χ1n) is 6.59. The van der Waals surface area contributed by atoms with Gasteiger partial charge in [0.2, 0.25) is 5.91 Å². The Kier molecular flexibility index (Phi) is 5.86. The molecule has 3 heteroatoms. The lowest BCUT2D eigenvalue weighted by Gasteiger charge is -2.23. The van der Waals surface area contributed by atoms with E-state index in [4.69, 9.17) is 5.73 Å². The van der Waals surface area contributed by atoms with Crippen molar-refractivity contribution >= 4 is 5.91 Å². The van der Waals surface area contributed by atoms with Gasteiger partial charge in [-0.3, -0.25) is 4.79 Å². The molecule has 0 aliphatic rings. The molecule has 3 nitrogen and oxygen atoms in total. The van der Waals surface area contributed by atoms with Gasteiger partial charge in [0.05, 0.1) is 5.92 Å². The van der Waals surface area contributed by atoms with Gasteiger partial charge in [-0.25, -0.2) is 0 Å². The Hall–Kier alpha value is -1.35. The Morgan fingerprint density at radius 3 is 2.61 bits per heavy atom. The molecular formula is C15H24N2O. The second kappa shape index (κ2) is 7.17. The average Bonchev–Trinajstić information content (AvgIpc) is 2.37. The van der Waals surface area contributed by atoms with Crippen LogP contribution in [-0.4, -0.2) is 24.4 Å². The summed E-state index contributed by atoms with van der Waals surface area (Å²) in [5.41, 5.74) is 8.09. The van der Waals surface area contributed by atoms with E-state index in [1.807, 2.05) is 19.2 Å². The van der Waals surface area contributed by atoms with Crippen LogP contribution in [0.3, 0.4) is 0 Å². The van der Waals surface area contributed by atoms with Gasteiger partial charge in [0, 0.05) is 20.1 Å². The molecule has 0 radical (unpaired) electrons. The smallest absolute Gasteiger partial charge is 0.226 e. The van der Waals surface area contributed by atoms with Crippen LogP contribution in [0.5, 0.6) is 0 Å². The number of rotatable bonds is 6. The number of carbonyl (C=O) groups is 1. The van der Waals surface area contributed by atoms with Crippen LogP contribution in [0.2, 0.25) is 0 Å². The Labute approximate surface area is 110 Å². The van der Waals surface area contributed by atoms with Crippen LogP contribution in [-0.2, 0) is 11.3 Å². The van der Waals surface area contributed by atoms with Gasteiger partial charge < -0.3 is 10.6 Å². The first-order chi connectivity index (χ1) is 8.60. The Morgan fingerprint density at radius 2 is 2.06 bits per heavy atom. The molecule has 1 amide bonds. The first kappa shape index (κ1) is 14.7. The molecule has 1 aromatic rings. The fourth-order valence-electron chi connectivity index (χ4n) is 2.12. The SMILES string of the molecule is CCCC(CN)C(=O)N(C)Cc1ccccc1C. The standard InChI is InChI=1S/C15H24N2O/c1-4-7-13(10-16)15(18)17(3)11-14-9-6-5-8-12(14)2/h5-6,8-9,13H,4,7,10-11,16H2,1-3H3. The molecule has 18 heavy (non-hydrogen) atoms. The van der Waals surface area contributed by atoms with Crippen molar-refractivity contribution in [1.82, 2.24) is 4.90 Å². The number of hydrogen-bond acceptors (Lipinski definition) is 2. The van der Waals surface area contributed by atoms with Crippen molar-refractivity contribution in [2.45, 2.75) is 33.2 Å². The monoisotopic (exact) mass is 248 g/mol. The zero-order valence-electron chi connectivity index (χ0n) is 11.6. The van der Waals surface area contributed by atoms with Crippen LogP contribution < -0.4 is 5.73 Å². The Balaban J connectivity index is 2.67. The summed E-state index contributed by atoms with van der Waals surface area (Å²) >= 11 is 0. The molecule has 1 rings (SSSR count). The van der Waals surface area contributed by atoms with Gasteiger partial charge in [-0.15, -0.1) is 0 Å². The lowest BCUT2D eigenvalue weighted by Crippen LogP contribution is -2.36. The second-order valence-electron chi connectivity index (χ2n) is 4.84. The number of nitrogens with two attached hydrogens (primary N) is 1. The normalized spacial score (nSPS) is 12.2. The summed E-state index contributed by atoms with van der Waals surface area (Å²) in [5.74, 6) is 0.117. The molecule has 0 saturated carbocycles. The number of carbonyl (C=O) groups excluding carboxylic acids is 1. The second-order valence-corrected chi connectivity index (χ2v) is 4.84. The Morgan fingerprint density at radius 1 is 1.39 bits per heavy atom. The van der Waals surface area contributed by atoms with Crippen LogP contribution in [0.15, 0.2) is 24.3 Å². The van der Waals surface area contributed by atoms with Crippen molar-refractivity contribution in [2.75, 3.05) is 13.6 Å². The highest BCUT2D eigenvalue weighted by molar-refractivity contribution is 5.78. The van der Waals surface area contributed by atoms with Gasteiger partial charge in [0.1, 0.15) is 0 Å². The summed E-state index contributed by atoms with van der Waals surface area (Å²) in [5, 5.41) is 0. The van der Waals surface area contributed by atoms with Gasteiger partial charge in [0.15, 0.2) is 0 Å². The maximum absolute atomic E-state index is 12.2. The van der Waals surface area contributed by atoms with E-state index >= 15 is 0 Å². The molecule has 1 aromatic carbocycles. The van der Waals surface area contributed by atoms with Crippen molar-refractivity contribution in [3.05, 3.63) is 35.4 Å². The number of benzene rings is 1. The van der Waals surface area contributed by atoms with E-state index in [2.05, 4.69) is 26.0 Å². The molecule has 0 aromatic heterocycles. The van der Waals surface area contributed by atoms with Crippen molar-refractivity contribution in [1.29, 1.82) is 0 Å². The molecule has 0 saturated heterocycles. The van der Waals surface area contributed by atoms with Gasteiger partial charge >= 0.3 is 0 Å². The molecule has 0 heterocycles. The van der Waals surface area contributed by atoms with Crippen molar-refractivity contribution < 1.29 is 4.79 Å². The first-order valence-corrected chi connectivity index (χ1v) is 6.59. The van der Waals surface area contributed by atoms with Crippen molar-refractivity contribution in [2.24, 2.45) is 11.7 Å². The predicted octanol–water partition coefficient (Wildman–Crippen LogP) is 2.33. The molecule has 0 spiro atoms. The minimum Gasteiger partial charge on any atom is -0.341 e. The minimum atomic E-state index is -0.0379. The van der Waals surface area contributed by atoms with E-state index in [1.165, 1.54) is 11.1 Å². The third-order valence-electron chi connectivity index (χ3n) is 3.32. The summed E-state index contributed by atoms with van der Waals surface area (Å²) in [6, 6.07) is 8.16. The van der Waals surface area contributed by atoms with Gasteiger partial charge in [-0.2, -0.15) is 0 Å². The zero-order chi connectivity index (χ0) is 13.5. The largest absolute Gasteiger partial charge is 0.341 e. The number of hydrogen-bond donors (Lipinski definition) is 1. The molecule has 0 aliphatic carbocycles. The maximum atomic E-state index is 12.2. The number of nitrogens with zero attached hydrogens (tertiary/aromatic N) is 1. The van der Waals surface area contributed by atoms with Crippen LogP contribution in [0.1, 0.15) is 30.9 Å². The summed E-state index contributed by atoms with van der Waals surface area (Å²) in [4.78, 5) is 14.0. The van der Waals surface area contributed by atoms with Crippen LogP contribution in [0, 0.1) is 12.8 Å². The van der Waals surface area contributed by atoms with Crippen LogP contribution in [0.4, 0.5) is 0 Å². The molecule has 0 bridgehead atoms. The number of amides is 1. The third kappa shape index (κ3) is 3.84. The van der Waals surface area contributed by atoms with E-state index < -0.39 is 0 Å². The fourth-order valence-corrected chi connectivity index (χ4v) is 2.12. The third-order valence-corrected chi connectivity index (χ3v) is 3.32. The molecule has 100 valence electrons. The van der Waals surface area contributed by atoms with Crippen LogP contribution in [0.25, 0.3) is 0 Å². The number of aryl methyl sites for hydroxylation is 1. The molecule has 0 fully saturated rings. The summed E-state index contributed by atoms with van der Waals surface area (Å²) in [7, 11) is 1.85. The van der Waals surface area contributed by atoms with E-state index in [0.29, 0.717) is 13.1 Å². The maximum Gasteiger partial charge on any atom is 0.226 e. The average molecular weight is 248 g/mol. The van der Waals surface area contributed by atoms with E-state index in [9.17, 15) is 4.79 Å². The lowest BCUT2D eigenvalue weighted by atomic mass is 10.0. The van der Waals surface area contributed by atoms with Gasteiger partial charge in [-0.1, -0.05) is 37.6 Å². The highest BCUT2D eigenvalue weighted by Gasteiger charge is 2.20. The summed E-state index contributed by atoms with van der Waals surface area (Å²) < 4.78 is 0. The van der Waals surface area contributed by atoms with E-state index in [0.717, 1.165) is 12.8 Å². The summed E-state index contributed by atoms with van der Waals surface area (Å²) in [6.07, 6.45) is 1.86. The highest BCUT2D eigenvalue weighted by atomic mass is 16.2. The van der Waals surface area contributed by atoms with Crippen molar-refractivity contribution in [3.63, 3.8) is 0 Å². The summed E-state index contributed by atoms with van der Waals surface area (Å²) in [6.45, 7) is 5.24. The zero-order valence-corrected chi connectivity index (χ0v) is 11.6. The van der Waals surface area contributed by atoms with Gasteiger partial charge in [-0.05, 0) is 24.5 Å². The minimum absolute atomic E-state index is 0.0379. The quantitative estimate of drug-likeness (QED) is 0.840. The fraction of sp³-hybridized carbons (Fsp3) is 0.533. The molecule has 0 aliphatic heterocycles. The lowest BCUT2D eigenvalue weighted by molar-refractivity contribution is -0.134. The molecular weight excluding hydrogens is 224 g/mol. The highest BCUT2D eigenvalue weighted by Crippen LogP contribution is 2.13. The van der Waals surface area contributed by atoms with Gasteiger partial charge in [0.25, 0.3) is 0 Å². The molecule has 1 unspecified atom stereocenters. The molecule has 2 N–H and O–H groups in total. The van der Waals surface area contributed by atoms with Crippen molar-refractivity contribution in [3.8, 4) is 0 Å². The Bertz CT molecular complexity index is 390. The predicted molar refractivity (Wildman–Crippen MR) is 75.1 cm³/mol.